The van der Waals surface area contributed by atoms with Crippen molar-refractivity contribution in [2.75, 3.05) is 31.2 Å². The van der Waals surface area contributed by atoms with Gasteiger partial charge in [-0.1, -0.05) is 0 Å². The third-order valence-electron chi connectivity index (χ3n) is 1.99. The molecule has 1 radical (unpaired) electrons. The van der Waals surface area contributed by atoms with Gasteiger partial charge in [0.2, 0.25) is 0 Å². The lowest BCUT2D eigenvalue weighted by Crippen LogP contribution is -2.37. The molecule has 0 spiro atoms. The molecule has 3 nitrogen and oxygen atoms in total. The zero-order chi connectivity index (χ0) is 9.10. The number of hydrogen-bond donors (Lipinski definition) is 0. The molecule has 1 saturated heterocycles. The molecule has 0 amide bonds. The number of halogens is 1. The Morgan fingerprint density at radius 2 is 2.23 bits per heavy atom. The molecule has 1 fully saturated rings. The van der Waals surface area contributed by atoms with E-state index in [-0.39, 0.29) is 5.82 Å². The minimum Gasteiger partial charge on any atom is -0.378 e. The van der Waals surface area contributed by atoms with Gasteiger partial charge in [0, 0.05) is 25.4 Å². The zero-order valence-corrected chi connectivity index (χ0v) is 7.16. The minimum atomic E-state index is -0.385. The van der Waals surface area contributed by atoms with E-state index in [0.717, 1.165) is 0 Å². The summed E-state index contributed by atoms with van der Waals surface area (Å²) in [5.41, 5.74) is 0. The normalized spacial score (nSPS) is 17.5. The third-order valence-corrected chi connectivity index (χ3v) is 1.99. The van der Waals surface area contributed by atoms with Crippen LogP contribution < -0.4 is 4.90 Å². The van der Waals surface area contributed by atoms with Crippen molar-refractivity contribution < 1.29 is 9.13 Å². The summed E-state index contributed by atoms with van der Waals surface area (Å²) in [5.74, 6) is -0.00444. The highest BCUT2D eigenvalue weighted by molar-refractivity contribution is 5.39. The number of pyridine rings is 1. The zero-order valence-electron chi connectivity index (χ0n) is 7.16. The Hall–Kier alpha value is -1.16. The first-order valence-electron chi connectivity index (χ1n) is 4.23. The Morgan fingerprint density at radius 1 is 1.46 bits per heavy atom. The van der Waals surface area contributed by atoms with Crippen LogP contribution in [0.4, 0.5) is 10.2 Å². The molecule has 0 N–H and O–H groups in total. The molecule has 0 atom stereocenters. The average molecular weight is 181 g/mol. The van der Waals surface area contributed by atoms with Crippen molar-refractivity contribution in [3.63, 3.8) is 0 Å². The first-order valence-corrected chi connectivity index (χ1v) is 4.23. The number of aromatic nitrogens is 1. The van der Waals surface area contributed by atoms with Crippen LogP contribution in [0, 0.1) is 11.9 Å². The van der Waals surface area contributed by atoms with E-state index in [4.69, 9.17) is 4.74 Å². The van der Waals surface area contributed by atoms with Crippen LogP contribution in [0.15, 0.2) is 12.3 Å². The maximum Gasteiger partial charge on any atom is 0.173 e. The predicted octanol–water partition coefficient (Wildman–Crippen LogP) is 0.857. The maximum absolute atomic E-state index is 13.2. The van der Waals surface area contributed by atoms with Gasteiger partial charge in [-0.3, -0.25) is 0 Å². The van der Waals surface area contributed by atoms with E-state index in [1.54, 1.807) is 6.20 Å². The number of ether oxygens (including phenoxy) is 1. The fourth-order valence-electron chi connectivity index (χ4n) is 1.34. The van der Waals surface area contributed by atoms with Crippen LogP contribution in [-0.2, 0) is 4.74 Å². The molecule has 69 valence electrons. The van der Waals surface area contributed by atoms with Crippen LogP contribution in [0.5, 0.6) is 0 Å². The van der Waals surface area contributed by atoms with E-state index in [1.165, 1.54) is 6.07 Å². The van der Waals surface area contributed by atoms with Gasteiger partial charge in [0.1, 0.15) is 0 Å². The Bertz CT molecular complexity index is 287. The lowest BCUT2D eigenvalue weighted by atomic mass is 10.3. The lowest BCUT2D eigenvalue weighted by Gasteiger charge is -2.27. The van der Waals surface area contributed by atoms with Gasteiger partial charge in [-0.15, -0.1) is 0 Å². The summed E-state index contributed by atoms with van der Waals surface area (Å²) in [6.07, 6.45) is 1.55. The Labute approximate surface area is 76.1 Å². The Balaban J connectivity index is 2.18. The molecule has 0 aliphatic carbocycles. The molecule has 2 rings (SSSR count). The van der Waals surface area contributed by atoms with Gasteiger partial charge >= 0.3 is 0 Å². The quantitative estimate of drug-likeness (QED) is 0.642. The van der Waals surface area contributed by atoms with E-state index < -0.39 is 0 Å². The number of hydrogen-bond acceptors (Lipinski definition) is 3. The van der Waals surface area contributed by atoms with Crippen molar-refractivity contribution in [3.8, 4) is 0 Å². The number of morpholine rings is 1. The van der Waals surface area contributed by atoms with E-state index in [2.05, 4.69) is 11.1 Å². The molecule has 1 aliphatic heterocycles. The van der Waals surface area contributed by atoms with Crippen molar-refractivity contribution >= 4 is 5.82 Å². The fraction of sp³-hybridized carbons (Fsp3) is 0.444. The second-order valence-corrected chi connectivity index (χ2v) is 2.83. The summed E-state index contributed by atoms with van der Waals surface area (Å²) in [6.45, 7) is 2.66. The molecule has 4 heteroatoms. The summed E-state index contributed by atoms with van der Waals surface area (Å²) in [7, 11) is 0. The van der Waals surface area contributed by atoms with Crippen LogP contribution in [0.2, 0.25) is 0 Å². The first-order chi connectivity index (χ1) is 6.38. The van der Waals surface area contributed by atoms with E-state index in [9.17, 15) is 4.39 Å². The summed E-state index contributed by atoms with van der Waals surface area (Å²) < 4.78 is 18.3. The largest absolute Gasteiger partial charge is 0.378 e. The molecule has 0 saturated carbocycles. The molecular formula is C9H10FN2O. The molecule has 13 heavy (non-hydrogen) atoms. The Kier molecular flexibility index (Phi) is 2.40. The number of anilines is 1. The van der Waals surface area contributed by atoms with Crippen molar-refractivity contribution in [2.45, 2.75) is 0 Å². The van der Waals surface area contributed by atoms with Crippen molar-refractivity contribution in [3.05, 3.63) is 24.1 Å². The van der Waals surface area contributed by atoms with Gasteiger partial charge in [-0.05, 0) is 6.07 Å². The monoisotopic (exact) mass is 181 g/mol. The second-order valence-electron chi connectivity index (χ2n) is 2.83. The highest BCUT2D eigenvalue weighted by atomic mass is 19.1. The average Bonchev–Trinajstić information content (AvgIpc) is 2.20. The molecule has 1 aromatic rings. The second kappa shape index (κ2) is 3.70. The molecule has 1 aromatic heterocycles. The van der Waals surface area contributed by atoms with Crippen LogP contribution in [0.1, 0.15) is 0 Å². The predicted molar refractivity (Wildman–Crippen MR) is 46.1 cm³/mol. The van der Waals surface area contributed by atoms with Gasteiger partial charge in [0.15, 0.2) is 11.6 Å². The van der Waals surface area contributed by atoms with Crippen molar-refractivity contribution in [2.24, 2.45) is 0 Å². The van der Waals surface area contributed by atoms with Crippen LogP contribution in [0.25, 0.3) is 0 Å². The van der Waals surface area contributed by atoms with Gasteiger partial charge in [0.25, 0.3) is 0 Å². The summed E-state index contributed by atoms with van der Waals surface area (Å²) in [4.78, 5) is 5.84. The standard InChI is InChI=1S/C9H10FN2O/c10-8-2-1-3-11-9(8)12-4-6-13-7-5-12/h1,3H,4-7H2. The van der Waals surface area contributed by atoms with E-state index in [0.29, 0.717) is 32.1 Å². The van der Waals surface area contributed by atoms with Crippen molar-refractivity contribution in [1.29, 1.82) is 0 Å². The first kappa shape index (κ1) is 8.44. The third kappa shape index (κ3) is 1.78. The van der Waals surface area contributed by atoms with Crippen LogP contribution >= 0.6 is 0 Å². The van der Waals surface area contributed by atoms with Crippen molar-refractivity contribution in [1.82, 2.24) is 4.98 Å². The number of rotatable bonds is 1. The van der Waals surface area contributed by atoms with Gasteiger partial charge in [-0.25, -0.2) is 9.37 Å². The van der Waals surface area contributed by atoms with E-state index >= 15 is 0 Å². The molecular weight excluding hydrogens is 171 g/mol. The minimum absolute atomic E-state index is 0.380. The summed E-state index contributed by atoms with van der Waals surface area (Å²) in [5, 5.41) is 0. The van der Waals surface area contributed by atoms with Gasteiger partial charge in [-0.2, -0.15) is 0 Å². The smallest absolute Gasteiger partial charge is 0.173 e. The van der Waals surface area contributed by atoms with Crippen LogP contribution in [0.3, 0.4) is 0 Å². The topological polar surface area (TPSA) is 25.4 Å². The highest BCUT2D eigenvalue weighted by Crippen LogP contribution is 2.15. The molecule has 0 unspecified atom stereocenters. The summed E-state index contributed by atoms with van der Waals surface area (Å²) >= 11 is 0. The molecule has 0 aromatic carbocycles. The molecule has 0 bridgehead atoms. The Morgan fingerprint density at radius 3 is 2.92 bits per heavy atom. The fourth-order valence-corrected chi connectivity index (χ4v) is 1.34. The van der Waals surface area contributed by atoms with Gasteiger partial charge < -0.3 is 9.64 Å². The SMILES string of the molecule is Fc1[c]ccnc1N1CCOCC1. The van der Waals surface area contributed by atoms with Gasteiger partial charge in [0.05, 0.1) is 13.2 Å². The summed E-state index contributed by atoms with van der Waals surface area (Å²) in [6, 6.07) is 3.96. The molecule has 2 heterocycles. The van der Waals surface area contributed by atoms with E-state index in [1.807, 2.05) is 4.90 Å². The number of nitrogens with zero attached hydrogens (tertiary/aromatic N) is 2. The highest BCUT2D eigenvalue weighted by Gasteiger charge is 2.15. The maximum atomic E-state index is 13.2. The van der Waals surface area contributed by atoms with Crippen LogP contribution in [-0.4, -0.2) is 31.3 Å². The molecule has 1 aliphatic rings. The lowest BCUT2D eigenvalue weighted by molar-refractivity contribution is 0.122.